The second-order valence-electron chi connectivity index (χ2n) is 12.7. The Kier molecular flexibility index (Phi) is 16.9. The summed E-state index contributed by atoms with van der Waals surface area (Å²) in [6.07, 6.45) is -42.4. The van der Waals surface area contributed by atoms with Crippen molar-refractivity contribution in [3.8, 4) is 0 Å². The summed E-state index contributed by atoms with van der Waals surface area (Å²) >= 11 is 0. The number of rotatable bonds is 17. The third kappa shape index (κ3) is 13.4. The van der Waals surface area contributed by atoms with E-state index in [0.717, 1.165) is 0 Å². The number of hydrogen-bond acceptors (Lipinski definition) is 28. The van der Waals surface area contributed by atoms with E-state index in [2.05, 4.69) is 16.7 Å². The van der Waals surface area contributed by atoms with Gasteiger partial charge in [-0.1, -0.05) is 0 Å². The molecule has 4 rings (SSSR count). The first-order chi connectivity index (χ1) is 27.0. The molecule has 19 atom stereocenters. The summed E-state index contributed by atoms with van der Waals surface area (Å²) in [6.45, 7) is -4.49. The summed E-state index contributed by atoms with van der Waals surface area (Å²) < 4.78 is 184. The SMILES string of the molecule is O=S(=O)(O)OC[C@H]1OC(O[C@H]2O[C@H](CO)[C@@H](O[C@H]3OC[C@@H](O)[C@@H](O[C@@H]4O[C@H](CO)[C@H](O)[C@H](O)[C@H]4O)[C@@H]3O)[C@H](O)[C@H]2O)[C@H](OS(=O)(=O)O)[C@@H](OS(=O)(=O)O)[C@@H]1OS(=O)(=O)O. The molecule has 4 heterocycles. The molecule has 13 N–H and O–H groups in total. The van der Waals surface area contributed by atoms with Crippen LogP contribution in [-0.2, 0) is 91.5 Å². The van der Waals surface area contributed by atoms with Crippen molar-refractivity contribution in [2.45, 2.75) is 117 Å². The van der Waals surface area contributed by atoms with Gasteiger partial charge in [0, 0.05) is 0 Å². The van der Waals surface area contributed by atoms with Gasteiger partial charge in [-0.15, -0.1) is 0 Å². The fourth-order valence-corrected chi connectivity index (χ4v) is 7.84. The first kappa shape index (κ1) is 50.5. The van der Waals surface area contributed by atoms with Gasteiger partial charge >= 0.3 is 41.6 Å². The van der Waals surface area contributed by atoms with Crippen LogP contribution >= 0.6 is 0 Å². The summed E-state index contributed by atoms with van der Waals surface area (Å²) in [5.41, 5.74) is 0. The van der Waals surface area contributed by atoms with Gasteiger partial charge in [-0.3, -0.25) is 18.2 Å². The van der Waals surface area contributed by atoms with Gasteiger partial charge < -0.3 is 79.1 Å². The number of aliphatic hydroxyl groups is 9. The summed E-state index contributed by atoms with van der Waals surface area (Å²) in [4.78, 5) is 0. The predicted molar refractivity (Wildman–Crippen MR) is 170 cm³/mol. The lowest BCUT2D eigenvalue weighted by Gasteiger charge is -2.48. The lowest BCUT2D eigenvalue weighted by Crippen LogP contribution is -2.67. The molecule has 4 aliphatic heterocycles. The third-order valence-corrected chi connectivity index (χ3v) is 10.4. The van der Waals surface area contributed by atoms with Crippen LogP contribution in [0, 0.1) is 0 Å². The second kappa shape index (κ2) is 19.7. The molecule has 0 aromatic heterocycles. The molecule has 4 aliphatic rings. The summed E-state index contributed by atoms with van der Waals surface area (Å²) in [7, 11) is -23.1. The molecule has 0 radical (unpaired) electrons. The van der Waals surface area contributed by atoms with Crippen molar-refractivity contribution in [1.29, 1.82) is 0 Å². The molecule has 0 spiro atoms. The van der Waals surface area contributed by atoms with Crippen LogP contribution in [0.15, 0.2) is 0 Å². The van der Waals surface area contributed by atoms with Gasteiger partial charge in [0.15, 0.2) is 31.3 Å². The van der Waals surface area contributed by atoms with Crippen LogP contribution in [-0.4, -0.2) is 241 Å². The number of aliphatic hydroxyl groups excluding tert-OH is 9. The Morgan fingerprint density at radius 2 is 0.915 bits per heavy atom. The smallest absolute Gasteiger partial charge is 0.394 e. The highest BCUT2D eigenvalue weighted by Gasteiger charge is 2.57. The quantitative estimate of drug-likeness (QED) is 0.0602. The monoisotopic (exact) mass is 956 g/mol. The van der Waals surface area contributed by atoms with Crippen LogP contribution in [0.1, 0.15) is 0 Å². The average Bonchev–Trinajstić information content (AvgIpc) is 3.10. The van der Waals surface area contributed by atoms with Crippen molar-refractivity contribution in [3.63, 3.8) is 0 Å². The first-order valence-corrected chi connectivity index (χ1v) is 21.6. The van der Waals surface area contributed by atoms with Crippen LogP contribution in [0.25, 0.3) is 0 Å². The number of ether oxygens (including phenoxy) is 7. The topological polar surface area (TPSA) is 501 Å². The molecule has 32 nitrogen and oxygen atoms in total. The largest absolute Gasteiger partial charge is 0.397 e. The molecular formula is C23H40O32S4. The maximum absolute atomic E-state index is 11.8. The van der Waals surface area contributed by atoms with Crippen LogP contribution in [0.3, 0.4) is 0 Å². The highest BCUT2D eigenvalue weighted by Crippen LogP contribution is 2.36. The van der Waals surface area contributed by atoms with E-state index in [0.29, 0.717) is 0 Å². The Labute approximate surface area is 331 Å². The molecule has 0 amide bonds. The van der Waals surface area contributed by atoms with Crippen LogP contribution in [0.2, 0.25) is 0 Å². The van der Waals surface area contributed by atoms with Crippen molar-refractivity contribution in [2.24, 2.45) is 0 Å². The molecule has 4 fully saturated rings. The van der Waals surface area contributed by atoms with Gasteiger partial charge in [-0.2, -0.15) is 33.7 Å². The zero-order chi connectivity index (χ0) is 44.6. The zero-order valence-corrected chi connectivity index (χ0v) is 32.3. The Morgan fingerprint density at radius 1 is 0.441 bits per heavy atom. The maximum atomic E-state index is 11.8. The highest BCUT2D eigenvalue weighted by atomic mass is 32.3. The van der Waals surface area contributed by atoms with Crippen molar-refractivity contribution in [1.82, 2.24) is 0 Å². The van der Waals surface area contributed by atoms with Crippen LogP contribution in [0.4, 0.5) is 0 Å². The van der Waals surface area contributed by atoms with E-state index < -0.39 is 185 Å². The van der Waals surface area contributed by atoms with Gasteiger partial charge in [0.05, 0.1) is 26.4 Å². The zero-order valence-electron chi connectivity index (χ0n) is 29.0. The van der Waals surface area contributed by atoms with E-state index >= 15 is 0 Å². The molecule has 0 aromatic rings. The molecule has 59 heavy (non-hydrogen) atoms. The molecule has 0 aliphatic carbocycles. The maximum Gasteiger partial charge on any atom is 0.397 e. The average molecular weight is 957 g/mol. The van der Waals surface area contributed by atoms with E-state index in [1.54, 1.807) is 0 Å². The van der Waals surface area contributed by atoms with E-state index in [4.69, 9.17) is 37.7 Å². The molecule has 36 heteroatoms. The predicted octanol–water partition coefficient (Wildman–Crippen LogP) is -9.80. The van der Waals surface area contributed by atoms with Crippen molar-refractivity contribution < 1.29 is 148 Å². The first-order valence-electron chi connectivity index (χ1n) is 16.2. The second-order valence-corrected chi connectivity index (χ2v) is 17.0. The Balaban J connectivity index is 1.59. The summed E-state index contributed by atoms with van der Waals surface area (Å²) in [6, 6.07) is 0. The normalized spacial score (nSPS) is 43.0. The minimum absolute atomic E-state index is 0.739. The fourth-order valence-electron chi connectivity index (χ4n) is 6.04. The van der Waals surface area contributed by atoms with Gasteiger partial charge in [0.25, 0.3) is 0 Å². The minimum atomic E-state index is -5.92. The van der Waals surface area contributed by atoms with Gasteiger partial charge in [-0.05, 0) is 0 Å². The van der Waals surface area contributed by atoms with Gasteiger partial charge in [0.2, 0.25) is 0 Å². The van der Waals surface area contributed by atoms with Crippen LogP contribution < -0.4 is 0 Å². The molecule has 348 valence electrons. The third-order valence-electron chi connectivity index (χ3n) is 8.62. The molecular weight excluding hydrogens is 916 g/mol. The Bertz CT molecular complexity index is 1830. The summed E-state index contributed by atoms with van der Waals surface area (Å²) in [5.74, 6) is 0. The molecule has 0 bridgehead atoms. The van der Waals surface area contributed by atoms with Crippen molar-refractivity contribution >= 4 is 41.6 Å². The minimum Gasteiger partial charge on any atom is -0.394 e. The van der Waals surface area contributed by atoms with E-state index in [1.807, 2.05) is 0 Å². The van der Waals surface area contributed by atoms with E-state index in [1.165, 1.54) is 0 Å². The molecule has 0 aromatic carbocycles. The van der Waals surface area contributed by atoms with Crippen molar-refractivity contribution in [3.05, 3.63) is 0 Å². The van der Waals surface area contributed by atoms with Gasteiger partial charge in [0.1, 0.15) is 85.5 Å². The highest BCUT2D eigenvalue weighted by molar-refractivity contribution is 7.81. The number of hydrogen-bond donors (Lipinski definition) is 13. The molecule has 4 saturated heterocycles. The van der Waals surface area contributed by atoms with Crippen molar-refractivity contribution in [2.75, 3.05) is 26.4 Å². The van der Waals surface area contributed by atoms with E-state index in [9.17, 15) is 93.3 Å². The lowest BCUT2D eigenvalue weighted by molar-refractivity contribution is -0.389. The Morgan fingerprint density at radius 3 is 1.46 bits per heavy atom. The molecule has 1 unspecified atom stereocenters. The van der Waals surface area contributed by atoms with Crippen LogP contribution in [0.5, 0.6) is 0 Å². The van der Waals surface area contributed by atoms with E-state index in [-0.39, 0.29) is 0 Å². The standard InChI is InChI=1S/C23H40O32S4/c24-1-6-9(27)10(28)12(30)21(47-6)50-15-5(26)3-45-20(14(15)32)51-16-7(2-25)48-22(13(31)11(16)29)52-23-19(55-59(42,43)44)18(54-58(39,40)41)17(53-57(36,37)38)8(49-23)4-46-56(33,34)35/h5-32H,1-4H2,(H,33,34,35)(H,36,37,38)(H,39,40,41)(H,42,43,44)/t5-,6-,7-,8-,9+,10+,11-,12-,13-,14+,15-,16-,17-,18+,19-,20-,21+,22-,23?/m1/s1. The lowest BCUT2D eigenvalue weighted by atomic mass is 9.97. The fraction of sp³-hybridized carbons (Fsp3) is 1.00. The molecule has 0 saturated carbocycles. The van der Waals surface area contributed by atoms with Gasteiger partial charge in [-0.25, -0.2) is 16.7 Å². The summed E-state index contributed by atoms with van der Waals surface area (Å²) in [5, 5.41) is 93.5. The Hall–Kier alpha value is -1.16.